The summed E-state index contributed by atoms with van der Waals surface area (Å²) in [5, 5.41) is 9.84. The summed E-state index contributed by atoms with van der Waals surface area (Å²) in [6, 6.07) is 3.38. The number of hydrogen-bond donors (Lipinski definition) is 0. The lowest BCUT2D eigenvalue weighted by Crippen LogP contribution is -1.84. The molecule has 1 aromatic rings. The zero-order valence-corrected chi connectivity index (χ0v) is 5.60. The van der Waals surface area contributed by atoms with Gasteiger partial charge >= 0.3 is 0 Å². The topological polar surface area (TPSA) is 56.0 Å². The van der Waals surface area contributed by atoms with Crippen LogP contribution in [0.1, 0.15) is 5.56 Å². The van der Waals surface area contributed by atoms with Gasteiger partial charge in [0.05, 0.1) is 11.0 Å². The molecular formula is C7H5N2O2. The van der Waals surface area contributed by atoms with Crippen molar-refractivity contribution in [2.24, 2.45) is 0 Å². The van der Waals surface area contributed by atoms with Gasteiger partial charge in [-0.1, -0.05) is 6.07 Å². The van der Waals surface area contributed by atoms with E-state index in [1.54, 1.807) is 18.3 Å². The van der Waals surface area contributed by atoms with Crippen molar-refractivity contribution in [1.82, 2.24) is 4.98 Å². The zero-order chi connectivity index (χ0) is 8.10. The standard InChI is InChI=1S/C7H5N2O2/c10-9(11)5-3-7-2-1-4-8-6-7/h1-2,4-6H. The molecule has 55 valence electrons. The van der Waals surface area contributed by atoms with Crippen molar-refractivity contribution in [3.8, 4) is 0 Å². The van der Waals surface area contributed by atoms with Gasteiger partial charge in [-0.25, -0.2) is 0 Å². The van der Waals surface area contributed by atoms with Gasteiger partial charge in [-0.3, -0.25) is 15.1 Å². The van der Waals surface area contributed by atoms with Crippen molar-refractivity contribution >= 4 is 0 Å². The molecule has 4 nitrogen and oxygen atoms in total. The second-order valence-corrected chi connectivity index (χ2v) is 1.80. The second-order valence-electron chi connectivity index (χ2n) is 1.80. The Hall–Kier alpha value is -1.71. The van der Waals surface area contributed by atoms with Crippen molar-refractivity contribution in [2.45, 2.75) is 0 Å². The Morgan fingerprint density at radius 2 is 2.55 bits per heavy atom. The van der Waals surface area contributed by atoms with Crippen LogP contribution in [0, 0.1) is 16.2 Å². The van der Waals surface area contributed by atoms with Crippen LogP contribution < -0.4 is 0 Å². The lowest BCUT2D eigenvalue weighted by Gasteiger charge is -1.85. The van der Waals surface area contributed by atoms with E-state index in [1.165, 1.54) is 6.20 Å². The van der Waals surface area contributed by atoms with E-state index in [4.69, 9.17) is 0 Å². The van der Waals surface area contributed by atoms with Gasteiger partial charge < -0.3 is 0 Å². The molecule has 1 heterocycles. The van der Waals surface area contributed by atoms with Gasteiger partial charge in [-0.15, -0.1) is 0 Å². The third-order valence-corrected chi connectivity index (χ3v) is 0.998. The Kier molecular flexibility index (Phi) is 2.32. The van der Waals surface area contributed by atoms with E-state index in [2.05, 4.69) is 11.1 Å². The van der Waals surface area contributed by atoms with Crippen molar-refractivity contribution in [3.63, 3.8) is 0 Å². The molecule has 0 saturated carbocycles. The average Bonchev–Trinajstić information content (AvgIpc) is 2.03. The van der Waals surface area contributed by atoms with Crippen LogP contribution in [0.2, 0.25) is 0 Å². The van der Waals surface area contributed by atoms with Gasteiger partial charge in [-0.05, 0) is 6.07 Å². The molecule has 11 heavy (non-hydrogen) atoms. The molecule has 0 amide bonds. The van der Waals surface area contributed by atoms with E-state index in [1.807, 2.05) is 0 Å². The highest BCUT2D eigenvalue weighted by atomic mass is 16.6. The van der Waals surface area contributed by atoms with E-state index in [9.17, 15) is 10.1 Å². The highest BCUT2D eigenvalue weighted by Crippen LogP contribution is 1.94. The molecule has 1 radical (unpaired) electrons. The Morgan fingerprint density at radius 3 is 3.09 bits per heavy atom. The fraction of sp³-hybridized carbons (Fsp3) is 0. The Labute approximate surface area is 63.3 Å². The number of rotatable bonds is 2. The number of aromatic nitrogens is 1. The van der Waals surface area contributed by atoms with E-state index in [0.717, 1.165) is 6.20 Å². The summed E-state index contributed by atoms with van der Waals surface area (Å²) in [4.78, 5) is 13.0. The molecule has 1 rings (SSSR count). The van der Waals surface area contributed by atoms with Gasteiger partial charge in [-0.2, -0.15) is 0 Å². The highest BCUT2D eigenvalue weighted by Gasteiger charge is 1.88. The molecular weight excluding hydrogens is 144 g/mol. The fourth-order valence-electron chi connectivity index (χ4n) is 0.575. The van der Waals surface area contributed by atoms with Gasteiger partial charge in [0.15, 0.2) is 0 Å². The van der Waals surface area contributed by atoms with Crippen molar-refractivity contribution in [1.29, 1.82) is 0 Å². The van der Waals surface area contributed by atoms with Crippen molar-refractivity contribution in [2.75, 3.05) is 0 Å². The quantitative estimate of drug-likeness (QED) is 0.466. The Morgan fingerprint density at radius 1 is 1.73 bits per heavy atom. The predicted octanol–water partition coefficient (Wildman–Crippen LogP) is 1.02. The Bertz CT molecular complexity index is 269. The summed E-state index contributed by atoms with van der Waals surface area (Å²) in [7, 11) is 0. The molecule has 4 heteroatoms. The summed E-state index contributed by atoms with van der Waals surface area (Å²) in [6.07, 6.45) is 6.31. The number of nitro groups is 1. The predicted molar refractivity (Wildman–Crippen MR) is 38.1 cm³/mol. The van der Waals surface area contributed by atoms with Crippen molar-refractivity contribution < 1.29 is 4.92 Å². The maximum Gasteiger partial charge on any atom is 0.243 e. The molecule has 0 aromatic carbocycles. The van der Waals surface area contributed by atoms with E-state index >= 15 is 0 Å². The zero-order valence-electron chi connectivity index (χ0n) is 5.60. The van der Waals surface area contributed by atoms with Crippen molar-refractivity contribution in [3.05, 3.63) is 52.5 Å². The molecule has 0 N–H and O–H groups in total. The molecule has 0 fully saturated rings. The third kappa shape index (κ3) is 2.57. The second kappa shape index (κ2) is 3.46. The van der Waals surface area contributed by atoms with Crippen LogP contribution in [0.15, 0.2) is 30.7 Å². The average molecular weight is 149 g/mol. The van der Waals surface area contributed by atoms with Gasteiger partial charge in [0.2, 0.25) is 6.20 Å². The highest BCUT2D eigenvalue weighted by molar-refractivity contribution is 5.15. The smallest absolute Gasteiger partial charge is 0.243 e. The molecule has 0 aliphatic carbocycles. The minimum absolute atomic E-state index is 0.562. The number of pyridine rings is 1. The third-order valence-electron chi connectivity index (χ3n) is 0.998. The number of nitrogens with zero attached hydrogens (tertiary/aromatic N) is 2. The van der Waals surface area contributed by atoms with Crippen LogP contribution in [-0.2, 0) is 0 Å². The molecule has 0 saturated heterocycles. The SMILES string of the molecule is O=[N+]([O-])/C=[C]/c1cccnc1. The first-order chi connectivity index (χ1) is 5.29. The minimum atomic E-state index is -0.562. The molecule has 0 unspecified atom stereocenters. The molecule has 0 aliphatic heterocycles. The van der Waals surface area contributed by atoms with Gasteiger partial charge in [0, 0.05) is 18.0 Å². The summed E-state index contributed by atoms with van der Waals surface area (Å²) >= 11 is 0. The summed E-state index contributed by atoms with van der Waals surface area (Å²) in [6.45, 7) is 0. The van der Waals surface area contributed by atoms with E-state index in [-0.39, 0.29) is 0 Å². The maximum absolute atomic E-state index is 9.84. The van der Waals surface area contributed by atoms with Crippen LogP contribution in [0.4, 0.5) is 0 Å². The van der Waals surface area contributed by atoms with Gasteiger partial charge in [0.25, 0.3) is 0 Å². The first kappa shape index (κ1) is 7.40. The lowest BCUT2D eigenvalue weighted by atomic mass is 10.3. The molecule has 0 spiro atoms. The molecule has 1 aromatic heterocycles. The van der Waals surface area contributed by atoms with Crippen LogP contribution in [0.25, 0.3) is 0 Å². The molecule has 0 bridgehead atoms. The van der Waals surface area contributed by atoms with Crippen LogP contribution in [0.5, 0.6) is 0 Å². The van der Waals surface area contributed by atoms with E-state index in [0.29, 0.717) is 5.56 Å². The lowest BCUT2D eigenvalue weighted by molar-refractivity contribution is -0.403. The maximum atomic E-state index is 9.84. The monoisotopic (exact) mass is 149 g/mol. The summed E-state index contributed by atoms with van der Waals surface area (Å²) in [5.74, 6) is 0. The first-order valence-corrected chi connectivity index (χ1v) is 2.92. The van der Waals surface area contributed by atoms with Crippen LogP contribution in [-0.4, -0.2) is 9.91 Å². The Balaban J connectivity index is 2.72. The first-order valence-electron chi connectivity index (χ1n) is 2.92. The minimum Gasteiger partial charge on any atom is -0.264 e. The van der Waals surface area contributed by atoms with Crippen LogP contribution in [0.3, 0.4) is 0 Å². The largest absolute Gasteiger partial charge is 0.264 e. The summed E-state index contributed by atoms with van der Waals surface area (Å²) < 4.78 is 0. The van der Waals surface area contributed by atoms with Gasteiger partial charge in [0.1, 0.15) is 0 Å². The summed E-state index contributed by atoms with van der Waals surface area (Å²) in [5.41, 5.74) is 0.601. The molecule has 0 atom stereocenters. The number of hydrogen-bond acceptors (Lipinski definition) is 3. The van der Waals surface area contributed by atoms with Crippen LogP contribution >= 0.6 is 0 Å². The normalized spacial score (nSPS) is 10.2. The molecule has 0 aliphatic rings. The fourth-order valence-corrected chi connectivity index (χ4v) is 0.575. The van der Waals surface area contributed by atoms with E-state index < -0.39 is 4.92 Å².